The normalized spacial score (nSPS) is 12.7. The van der Waals surface area contributed by atoms with Crippen molar-refractivity contribution in [2.24, 2.45) is 5.73 Å². The highest BCUT2D eigenvalue weighted by Crippen LogP contribution is 2.28. The smallest absolute Gasteiger partial charge is 0.0571 e. The summed E-state index contributed by atoms with van der Waals surface area (Å²) in [7, 11) is 0. The number of nitrogens with zero attached hydrogens (tertiary/aromatic N) is 1. The molecular formula is C17H22N2S. The minimum absolute atomic E-state index is 0.0411. The summed E-state index contributed by atoms with van der Waals surface area (Å²) in [6.45, 7) is 6.49. The van der Waals surface area contributed by atoms with Crippen LogP contribution in [0.3, 0.4) is 0 Å². The summed E-state index contributed by atoms with van der Waals surface area (Å²) in [5.41, 5.74) is 8.31. The van der Waals surface area contributed by atoms with Crippen LogP contribution in [0.1, 0.15) is 50.4 Å². The minimum Gasteiger partial charge on any atom is -0.323 e. The van der Waals surface area contributed by atoms with Crippen molar-refractivity contribution in [1.82, 2.24) is 4.98 Å². The van der Waals surface area contributed by atoms with E-state index < -0.39 is 0 Å². The van der Waals surface area contributed by atoms with Gasteiger partial charge in [0.25, 0.3) is 0 Å². The maximum Gasteiger partial charge on any atom is 0.0571 e. The van der Waals surface area contributed by atoms with Crippen LogP contribution >= 0.6 is 11.8 Å². The van der Waals surface area contributed by atoms with E-state index in [0.29, 0.717) is 5.92 Å². The predicted molar refractivity (Wildman–Crippen MR) is 86.1 cm³/mol. The van der Waals surface area contributed by atoms with Crippen molar-refractivity contribution in [3.05, 3.63) is 53.9 Å². The van der Waals surface area contributed by atoms with Crippen LogP contribution in [0.15, 0.2) is 52.4 Å². The van der Waals surface area contributed by atoms with E-state index in [0.717, 1.165) is 17.0 Å². The number of aromatic nitrogens is 1. The van der Waals surface area contributed by atoms with Gasteiger partial charge in [0.15, 0.2) is 0 Å². The Morgan fingerprint density at radius 2 is 1.70 bits per heavy atom. The van der Waals surface area contributed by atoms with E-state index in [2.05, 4.69) is 56.1 Å². The van der Waals surface area contributed by atoms with Gasteiger partial charge in [-0.15, -0.1) is 0 Å². The summed E-state index contributed by atoms with van der Waals surface area (Å²) < 4.78 is 0. The molecule has 0 spiro atoms. The van der Waals surface area contributed by atoms with Crippen molar-refractivity contribution in [2.75, 3.05) is 0 Å². The summed E-state index contributed by atoms with van der Waals surface area (Å²) in [6, 6.07) is 12.9. The molecule has 0 saturated carbocycles. The molecule has 2 rings (SSSR count). The van der Waals surface area contributed by atoms with Gasteiger partial charge in [-0.1, -0.05) is 44.7 Å². The number of nitrogens with two attached hydrogens (primary N) is 1. The predicted octanol–water partition coefficient (Wildman–Crippen LogP) is 4.77. The van der Waals surface area contributed by atoms with Gasteiger partial charge in [0.1, 0.15) is 0 Å². The Kier molecular flexibility index (Phi) is 5.21. The summed E-state index contributed by atoms with van der Waals surface area (Å²) >= 11 is 1.73. The highest BCUT2D eigenvalue weighted by Gasteiger charge is 2.05. The van der Waals surface area contributed by atoms with Gasteiger partial charge in [-0.3, -0.25) is 4.98 Å². The zero-order chi connectivity index (χ0) is 14.5. The molecule has 0 unspecified atom stereocenters. The molecule has 0 aliphatic rings. The highest BCUT2D eigenvalue weighted by atomic mass is 32.2. The third-order valence-corrected chi connectivity index (χ3v) is 4.35. The number of benzene rings is 1. The van der Waals surface area contributed by atoms with Crippen LogP contribution in [0, 0.1) is 0 Å². The van der Waals surface area contributed by atoms with Crippen LogP contribution in [0.5, 0.6) is 0 Å². The highest BCUT2D eigenvalue weighted by molar-refractivity contribution is 7.99. The lowest BCUT2D eigenvalue weighted by Crippen LogP contribution is -2.10. The van der Waals surface area contributed by atoms with Crippen LogP contribution in [-0.2, 0) is 0 Å². The van der Waals surface area contributed by atoms with Crippen molar-refractivity contribution >= 4 is 11.8 Å². The lowest BCUT2D eigenvalue weighted by atomic mass is 10.0. The Morgan fingerprint density at radius 3 is 2.20 bits per heavy atom. The third kappa shape index (κ3) is 3.84. The van der Waals surface area contributed by atoms with Gasteiger partial charge in [0, 0.05) is 22.0 Å². The topological polar surface area (TPSA) is 38.9 Å². The molecule has 0 aliphatic carbocycles. The van der Waals surface area contributed by atoms with Gasteiger partial charge in [-0.25, -0.2) is 0 Å². The molecule has 2 nitrogen and oxygen atoms in total. The fraction of sp³-hybridized carbons (Fsp3) is 0.353. The number of hydrogen-bond donors (Lipinski definition) is 1. The minimum atomic E-state index is 0.0411. The molecule has 1 aromatic carbocycles. The molecule has 0 bridgehead atoms. The van der Waals surface area contributed by atoms with E-state index in [-0.39, 0.29) is 6.04 Å². The first kappa shape index (κ1) is 15.1. The van der Waals surface area contributed by atoms with E-state index in [1.165, 1.54) is 10.5 Å². The molecule has 0 amide bonds. The average Bonchev–Trinajstić information content (AvgIpc) is 2.48. The molecule has 1 atom stereocenters. The van der Waals surface area contributed by atoms with Crippen LogP contribution in [-0.4, -0.2) is 4.98 Å². The second-order valence-electron chi connectivity index (χ2n) is 5.26. The van der Waals surface area contributed by atoms with Gasteiger partial charge in [-0.2, -0.15) is 0 Å². The molecule has 2 N–H and O–H groups in total. The quantitative estimate of drug-likeness (QED) is 0.860. The summed E-state index contributed by atoms with van der Waals surface area (Å²) in [6.07, 6.45) is 2.82. The number of hydrogen-bond acceptors (Lipinski definition) is 3. The van der Waals surface area contributed by atoms with Gasteiger partial charge in [0.2, 0.25) is 0 Å². The first-order valence-electron chi connectivity index (χ1n) is 7.09. The van der Waals surface area contributed by atoms with E-state index in [1.54, 1.807) is 11.8 Å². The van der Waals surface area contributed by atoms with Gasteiger partial charge < -0.3 is 5.73 Å². The summed E-state index contributed by atoms with van der Waals surface area (Å²) in [5.74, 6) is 0.575. The molecule has 0 saturated heterocycles. The zero-order valence-electron chi connectivity index (χ0n) is 12.3. The standard InChI is InChI=1S/C17H22N2S/c1-4-16(18)17-10-9-15(11-19-17)20-14-7-5-13(6-8-14)12(2)3/h5-12,16H,4,18H2,1-3H3/t16-/m1/s1. The maximum absolute atomic E-state index is 5.97. The van der Waals surface area contributed by atoms with E-state index in [9.17, 15) is 0 Å². The Labute approximate surface area is 125 Å². The molecule has 3 heteroatoms. The maximum atomic E-state index is 5.97. The summed E-state index contributed by atoms with van der Waals surface area (Å²) in [4.78, 5) is 6.83. The number of pyridine rings is 1. The fourth-order valence-corrected chi connectivity index (χ4v) is 2.72. The van der Waals surface area contributed by atoms with Crippen LogP contribution in [0.2, 0.25) is 0 Å². The molecule has 2 aromatic rings. The lowest BCUT2D eigenvalue weighted by Gasteiger charge is -2.09. The van der Waals surface area contributed by atoms with Crippen molar-refractivity contribution in [3.63, 3.8) is 0 Å². The fourth-order valence-electron chi connectivity index (χ4n) is 1.94. The van der Waals surface area contributed by atoms with Gasteiger partial charge in [0.05, 0.1) is 5.69 Å². The molecule has 1 aromatic heterocycles. The monoisotopic (exact) mass is 286 g/mol. The van der Waals surface area contributed by atoms with Crippen LogP contribution in [0.25, 0.3) is 0 Å². The average molecular weight is 286 g/mol. The third-order valence-electron chi connectivity index (χ3n) is 3.36. The van der Waals surface area contributed by atoms with Gasteiger partial charge in [-0.05, 0) is 42.2 Å². The van der Waals surface area contributed by atoms with Crippen LogP contribution < -0.4 is 5.73 Å². The van der Waals surface area contributed by atoms with Crippen molar-refractivity contribution in [3.8, 4) is 0 Å². The first-order valence-corrected chi connectivity index (χ1v) is 7.91. The summed E-state index contributed by atoms with van der Waals surface area (Å²) in [5, 5.41) is 0. The molecular weight excluding hydrogens is 264 g/mol. The molecule has 1 heterocycles. The Morgan fingerprint density at radius 1 is 1.05 bits per heavy atom. The Hall–Kier alpha value is -1.32. The van der Waals surface area contributed by atoms with E-state index >= 15 is 0 Å². The van der Waals surface area contributed by atoms with Crippen molar-refractivity contribution < 1.29 is 0 Å². The lowest BCUT2D eigenvalue weighted by molar-refractivity contribution is 0.674. The second kappa shape index (κ2) is 6.91. The number of rotatable bonds is 5. The first-order chi connectivity index (χ1) is 9.60. The molecule has 0 fully saturated rings. The molecule has 20 heavy (non-hydrogen) atoms. The molecule has 106 valence electrons. The van der Waals surface area contributed by atoms with Crippen LogP contribution in [0.4, 0.5) is 0 Å². The SMILES string of the molecule is CC[C@@H](N)c1ccc(Sc2ccc(C(C)C)cc2)cn1. The molecule has 0 radical (unpaired) electrons. The Bertz CT molecular complexity index is 532. The van der Waals surface area contributed by atoms with E-state index in [4.69, 9.17) is 5.73 Å². The zero-order valence-corrected chi connectivity index (χ0v) is 13.2. The Balaban J connectivity index is 2.06. The van der Waals surface area contributed by atoms with Gasteiger partial charge >= 0.3 is 0 Å². The van der Waals surface area contributed by atoms with Crippen molar-refractivity contribution in [2.45, 2.75) is 48.9 Å². The van der Waals surface area contributed by atoms with E-state index in [1.807, 2.05) is 12.3 Å². The van der Waals surface area contributed by atoms with Crippen molar-refractivity contribution in [1.29, 1.82) is 0 Å². The largest absolute Gasteiger partial charge is 0.323 e. The second-order valence-corrected chi connectivity index (χ2v) is 6.41. The molecule has 0 aliphatic heterocycles.